The number of carbonyl (C=O) groups is 2. The minimum Gasteiger partial charge on any atom is -0.392 e. The molecule has 21 heavy (non-hydrogen) atoms. The van der Waals surface area contributed by atoms with E-state index in [1.54, 1.807) is 22.8 Å². The maximum atomic E-state index is 12.2. The van der Waals surface area contributed by atoms with E-state index in [1.165, 1.54) is 17.4 Å². The summed E-state index contributed by atoms with van der Waals surface area (Å²) >= 11 is 1.48. The zero-order chi connectivity index (χ0) is 15.4. The maximum Gasteiger partial charge on any atom is 0.247 e. The second kappa shape index (κ2) is 6.87. The molecule has 0 bridgehead atoms. The fraction of sp³-hybridized carbons (Fsp3) is 0.467. The summed E-state index contributed by atoms with van der Waals surface area (Å²) in [4.78, 5) is 28.6. The van der Waals surface area contributed by atoms with Gasteiger partial charge in [0.15, 0.2) is 0 Å². The van der Waals surface area contributed by atoms with Crippen LogP contribution < -0.4 is 0 Å². The van der Waals surface area contributed by atoms with Crippen LogP contribution >= 0.6 is 11.3 Å². The minimum atomic E-state index is -0.410. The molecule has 2 heterocycles. The number of nitrogens with zero attached hydrogens (tertiary/aromatic N) is 2. The quantitative estimate of drug-likeness (QED) is 0.854. The lowest BCUT2D eigenvalue weighted by Gasteiger charge is -2.38. The first kappa shape index (κ1) is 15.7. The molecule has 0 aliphatic carbocycles. The molecule has 1 aromatic rings. The van der Waals surface area contributed by atoms with Gasteiger partial charge in [0.1, 0.15) is 6.04 Å². The molecule has 2 rings (SSSR count). The predicted molar refractivity (Wildman–Crippen MR) is 82.7 cm³/mol. The van der Waals surface area contributed by atoms with Crippen molar-refractivity contribution >= 4 is 29.2 Å². The van der Waals surface area contributed by atoms with Gasteiger partial charge in [-0.25, -0.2) is 0 Å². The maximum absolute atomic E-state index is 12.2. The number of aliphatic hydroxyl groups excluding tert-OH is 1. The lowest BCUT2D eigenvalue weighted by Crippen LogP contribution is -2.57. The van der Waals surface area contributed by atoms with Crippen LogP contribution in [0.3, 0.4) is 0 Å². The van der Waals surface area contributed by atoms with E-state index in [0.717, 1.165) is 10.4 Å². The van der Waals surface area contributed by atoms with Crippen molar-refractivity contribution in [1.82, 2.24) is 9.80 Å². The molecule has 1 aliphatic rings. The van der Waals surface area contributed by atoms with Crippen LogP contribution in [0.4, 0.5) is 0 Å². The molecule has 6 heteroatoms. The lowest BCUT2D eigenvalue weighted by molar-refractivity contribution is -0.148. The topological polar surface area (TPSA) is 60.9 Å². The van der Waals surface area contributed by atoms with Crippen molar-refractivity contribution in [2.24, 2.45) is 0 Å². The van der Waals surface area contributed by atoms with Crippen LogP contribution in [0, 0.1) is 0 Å². The van der Waals surface area contributed by atoms with Gasteiger partial charge in [-0.3, -0.25) is 9.59 Å². The third kappa shape index (κ3) is 3.51. The van der Waals surface area contributed by atoms with E-state index >= 15 is 0 Å². The summed E-state index contributed by atoms with van der Waals surface area (Å²) < 4.78 is 0. The van der Waals surface area contributed by atoms with E-state index in [0.29, 0.717) is 19.6 Å². The highest BCUT2D eigenvalue weighted by molar-refractivity contribution is 7.11. The van der Waals surface area contributed by atoms with Gasteiger partial charge in [-0.1, -0.05) is 0 Å². The Balaban J connectivity index is 2.01. The highest BCUT2D eigenvalue weighted by Gasteiger charge is 2.32. The summed E-state index contributed by atoms with van der Waals surface area (Å²) in [6.45, 7) is 5.55. The molecule has 114 valence electrons. The number of rotatable bonds is 4. The number of piperazine rings is 1. The molecule has 2 amide bonds. The normalized spacial score (nSPS) is 19.6. The molecular weight excluding hydrogens is 288 g/mol. The summed E-state index contributed by atoms with van der Waals surface area (Å²) in [5, 5.41) is 10.9. The number of hydrogen-bond acceptors (Lipinski definition) is 4. The van der Waals surface area contributed by atoms with E-state index in [2.05, 4.69) is 0 Å². The Morgan fingerprint density at radius 2 is 2.29 bits per heavy atom. The molecule has 0 radical (unpaired) electrons. The Bertz CT molecular complexity index is 553. The van der Waals surface area contributed by atoms with Crippen molar-refractivity contribution in [3.63, 3.8) is 0 Å². The third-order valence-electron chi connectivity index (χ3n) is 3.66. The van der Waals surface area contributed by atoms with E-state index in [4.69, 9.17) is 5.11 Å². The van der Waals surface area contributed by atoms with Crippen LogP contribution in [0.25, 0.3) is 6.08 Å². The first-order valence-corrected chi connectivity index (χ1v) is 7.90. The second-order valence-electron chi connectivity index (χ2n) is 4.97. The Kier molecular flexibility index (Phi) is 5.14. The fourth-order valence-corrected chi connectivity index (χ4v) is 3.15. The number of amides is 2. The summed E-state index contributed by atoms with van der Waals surface area (Å²) in [6, 6.07) is 1.44. The van der Waals surface area contributed by atoms with E-state index in [9.17, 15) is 9.59 Å². The minimum absolute atomic E-state index is 0.00278. The van der Waals surface area contributed by atoms with E-state index in [1.807, 2.05) is 18.4 Å². The molecule has 0 aromatic carbocycles. The van der Waals surface area contributed by atoms with Gasteiger partial charge in [0.2, 0.25) is 11.8 Å². The molecule has 1 fully saturated rings. The van der Waals surface area contributed by atoms with Crippen molar-refractivity contribution in [3.8, 4) is 0 Å². The third-order valence-corrected chi connectivity index (χ3v) is 4.61. The van der Waals surface area contributed by atoms with E-state index < -0.39 is 6.04 Å². The molecular formula is C15H20N2O3S. The SMILES string of the molecule is CCN1CCN(C(=O)C=Cc2cc(CO)cs2)C(C)C1=O. The van der Waals surface area contributed by atoms with Gasteiger partial charge in [0.05, 0.1) is 6.61 Å². The Morgan fingerprint density at radius 3 is 2.90 bits per heavy atom. The molecule has 1 aromatic heterocycles. The molecule has 0 spiro atoms. The molecule has 1 unspecified atom stereocenters. The number of aliphatic hydroxyl groups is 1. The molecule has 1 N–H and O–H groups in total. The number of thiophene rings is 1. The summed E-state index contributed by atoms with van der Waals surface area (Å²) in [5.74, 6) is -0.144. The summed E-state index contributed by atoms with van der Waals surface area (Å²) in [6.07, 6.45) is 3.23. The van der Waals surface area contributed by atoms with Gasteiger partial charge in [-0.15, -0.1) is 11.3 Å². The average Bonchev–Trinajstić information content (AvgIpc) is 2.95. The standard InChI is InChI=1S/C15H20N2O3S/c1-3-16-6-7-17(11(2)15(16)20)14(19)5-4-13-8-12(9-18)10-21-13/h4-5,8,10-11,18H,3,6-7,9H2,1-2H3. The van der Waals surface area contributed by atoms with E-state index in [-0.39, 0.29) is 18.4 Å². The second-order valence-corrected chi connectivity index (χ2v) is 5.92. The Morgan fingerprint density at radius 1 is 1.52 bits per heavy atom. The van der Waals surface area contributed by atoms with Gasteiger partial charge in [-0.05, 0) is 36.9 Å². The number of carbonyl (C=O) groups excluding carboxylic acids is 2. The molecule has 1 aliphatic heterocycles. The van der Waals surface area contributed by atoms with Crippen molar-refractivity contribution in [2.75, 3.05) is 19.6 Å². The fourth-order valence-electron chi connectivity index (χ4n) is 2.36. The molecule has 0 saturated carbocycles. The summed E-state index contributed by atoms with van der Waals surface area (Å²) in [7, 11) is 0. The first-order valence-electron chi connectivity index (χ1n) is 7.02. The highest BCUT2D eigenvalue weighted by atomic mass is 32.1. The molecule has 1 saturated heterocycles. The van der Waals surface area contributed by atoms with Gasteiger partial charge >= 0.3 is 0 Å². The van der Waals surface area contributed by atoms with Gasteiger partial charge in [0.25, 0.3) is 0 Å². The molecule has 1 atom stereocenters. The van der Waals surface area contributed by atoms with Crippen molar-refractivity contribution in [1.29, 1.82) is 0 Å². The van der Waals surface area contributed by atoms with Gasteiger partial charge in [0, 0.05) is 30.6 Å². The van der Waals surface area contributed by atoms with Crippen LogP contribution in [0.1, 0.15) is 24.3 Å². The van der Waals surface area contributed by atoms with Crippen LogP contribution in [-0.2, 0) is 16.2 Å². The van der Waals surface area contributed by atoms with Crippen molar-refractivity contribution in [2.45, 2.75) is 26.5 Å². The zero-order valence-electron chi connectivity index (χ0n) is 12.3. The average molecular weight is 308 g/mol. The number of likely N-dealkylation sites (N-methyl/N-ethyl adjacent to an activating group) is 1. The number of hydrogen-bond donors (Lipinski definition) is 1. The Labute approximate surface area is 128 Å². The first-order chi connectivity index (χ1) is 10.1. The molecule has 5 nitrogen and oxygen atoms in total. The predicted octanol–water partition coefficient (Wildman–Crippen LogP) is 1.33. The monoisotopic (exact) mass is 308 g/mol. The van der Waals surface area contributed by atoms with Crippen LogP contribution in [0.5, 0.6) is 0 Å². The largest absolute Gasteiger partial charge is 0.392 e. The van der Waals surface area contributed by atoms with Crippen molar-refractivity contribution in [3.05, 3.63) is 28.0 Å². The summed E-state index contributed by atoms with van der Waals surface area (Å²) in [5.41, 5.74) is 0.840. The van der Waals surface area contributed by atoms with Gasteiger partial charge < -0.3 is 14.9 Å². The highest BCUT2D eigenvalue weighted by Crippen LogP contribution is 2.17. The van der Waals surface area contributed by atoms with Gasteiger partial charge in [-0.2, -0.15) is 0 Å². The zero-order valence-corrected chi connectivity index (χ0v) is 13.1. The lowest BCUT2D eigenvalue weighted by atomic mass is 10.1. The Hall–Kier alpha value is -1.66. The van der Waals surface area contributed by atoms with Crippen LogP contribution in [0.2, 0.25) is 0 Å². The van der Waals surface area contributed by atoms with Crippen molar-refractivity contribution < 1.29 is 14.7 Å². The van der Waals surface area contributed by atoms with Crippen LogP contribution in [-0.4, -0.2) is 52.4 Å². The smallest absolute Gasteiger partial charge is 0.247 e. The van der Waals surface area contributed by atoms with Crippen LogP contribution in [0.15, 0.2) is 17.5 Å².